The number of carbonyl (C=O) groups excluding carboxylic acids is 1. The van der Waals surface area contributed by atoms with Crippen molar-refractivity contribution in [3.63, 3.8) is 0 Å². The molecule has 2 nitrogen and oxygen atoms in total. The maximum Gasteiger partial charge on any atom is 0.207 e. The average molecular weight is 131 g/mol. The standard InChI is InChI=1S/C5H11NO.C2H6/c1-5(2,3)6-4-7;1-2/h4H,1-3H3,(H,6,7);1-2H3. The van der Waals surface area contributed by atoms with Gasteiger partial charge in [-0.2, -0.15) is 0 Å². The molecule has 0 atom stereocenters. The van der Waals surface area contributed by atoms with Gasteiger partial charge in [0.05, 0.1) is 0 Å². The maximum atomic E-state index is 9.71. The van der Waals surface area contributed by atoms with Gasteiger partial charge in [-0.15, -0.1) is 0 Å². The fraction of sp³-hybridized carbons (Fsp3) is 0.857. The van der Waals surface area contributed by atoms with E-state index in [9.17, 15) is 4.79 Å². The second-order valence-corrected chi connectivity index (χ2v) is 2.51. The molecule has 0 aromatic heterocycles. The Hall–Kier alpha value is -0.530. The van der Waals surface area contributed by atoms with Crippen LogP contribution in [0.4, 0.5) is 0 Å². The number of amides is 1. The normalized spacial score (nSPS) is 9.00. The Bertz CT molecular complexity index is 63.8. The summed E-state index contributed by atoms with van der Waals surface area (Å²) in [5.74, 6) is 0. The van der Waals surface area contributed by atoms with Crippen LogP contribution in [0, 0.1) is 0 Å². The molecule has 1 N–H and O–H groups in total. The fourth-order valence-electron chi connectivity index (χ4n) is 0.177. The van der Waals surface area contributed by atoms with Crippen LogP contribution in [0.2, 0.25) is 0 Å². The molecule has 0 saturated carbocycles. The molecule has 9 heavy (non-hydrogen) atoms. The minimum absolute atomic E-state index is 0.0677. The third-order valence-corrected chi connectivity index (χ3v) is 0.492. The predicted octanol–water partition coefficient (Wildman–Crippen LogP) is 1.56. The van der Waals surface area contributed by atoms with Crippen molar-refractivity contribution in [2.45, 2.75) is 40.2 Å². The first-order valence-electron chi connectivity index (χ1n) is 3.27. The Morgan fingerprint density at radius 1 is 1.22 bits per heavy atom. The first-order valence-corrected chi connectivity index (χ1v) is 3.27. The third kappa shape index (κ3) is 18.6. The predicted molar refractivity (Wildman–Crippen MR) is 40.3 cm³/mol. The second-order valence-electron chi connectivity index (χ2n) is 2.51. The highest BCUT2D eigenvalue weighted by atomic mass is 16.1. The fourth-order valence-corrected chi connectivity index (χ4v) is 0.177. The first kappa shape index (κ1) is 11.3. The Balaban J connectivity index is 0. The molecule has 2 heteroatoms. The molecule has 0 unspecified atom stereocenters. The highest BCUT2D eigenvalue weighted by molar-refractivity contribution is 5.47. The third-order valence-electron chi connectivity index (χ3n) is 0.492. The zero-order valence-corrected chi connectivity index (χ0v) is 6.99. The summed E-state index contributed by atoms with van der Waals surface area (Å²) >= 11 is 0. The Kier molecular flexibility index (Phi) is 7.03. The van der Waals surface area contributed by atoms with E-state index >= 15 is 0 Å². The maximum absolute atomic E-state index is 9.71. The molecule has 0 rings (SSSR count). The van der Waals surface area contributed by atoms with Crippen LogP contribution in [0.3, 0.4) is 0 Å². The minimum atomic E-state index is -0.0677. The van der Waals surface area contributed by atoms with Gasteiger partial charge >= 0.3 is 0 Å². The molecule has 0 aliphatic rings. The molecule has 0 aromatic rings. The number of carbonyl (C=O) groups is 1. The highest BCUT2D eigenvalue weighted by Crippen LogP contribution is 1.94. The largest absolute Gasteiger partial charge is 0.354 e. The Labute approximate surface area is 57.6 Å². The van der Waals surface area contributed by atoms with Crippen molar-refractivity contribution in [1.82, 2.24) is 5.32 Å². The van der Waals surface area contributed by atoms with Crippen LogP contribution in [0.1, 0.15) is 34.6 Å². The topological polar surface area (TPSA) is 29.1 Å². The minimum Gasteiger partial charge on any atom is -0.354 e. The number of nitrogens with one attached hydrogen (secondary N) is 1. The molecular formula is C7H17NO. The molecule has 0 spiro atoms. The molecule has 0 aliphatic carbocycles. The highest BCUT2D eigenvalue weighted by Gasteiger charge is 2.04. The van der Waals surface area contributed by atoms with Gasteiger partial charge in [0, 0.05) is 5.54 Å². The van der Waals surface area contributed by atoms with E-state index in [0.717, 1.165) is 0 Å². The zero-order valence-electron chi connectivity index (χ0n) is 6.99. The summed E-state index contributed by atoms with van der Waals surface area (Å²) in [4.78, 5) is 9.71. The van der Waals surface area contributed by atoms with Crippen LogP contribution in [-0.4, -0.2) is 11.9 Å². The van der Waals surface area contributed by atoms with Crippen LogP contribution < -0.4 is 5.32 Å². The lowest BCUT2D eigenvalue weighted by Crippen LogP contribution is -2.34. The van der Waals surface area contributed by atoms with Crippen LogP contribution in [0.5, 0.6) is 0 Å². The molecule has 0 bridgehead atoms. The Morgan fingerprint density at radius 3 is 1.56 bits per heavy atom. The lowest BCUT2D eigenvalue weighted by Gasteiger charge is -2.15. The van der Waals surface area contributed by atoms with E-state index in [2.05, 4.69) is 5.32 Å². The lowest BCUT2D eigenvalue weighted by atomic mass is 10.1. The summed E-state index contributed by atoms with van der Waals surface area (Å²) in [6, 6.07) is 0. The summed E-state index contributed by atoms with van der Waals surface area (Å²) < 4.78 is 0. The van der Waals surface area contributed by atoms with Crippen LogP contribution in [0.25, 0.3) is 0 Å². The van der Waals surface area contributed by atoms with Crippen LogP contribution >= 0.6 is 0 Å². The molecule has 0 fully saturated rings. The van der Waals surface area contributed by atoms with E-state index < -0.39 is 0 Å². The van der Waals surface area contributed by atoms with Gasteiger partial charge in [-0.25, -0.2) is 0 Å². The van der Waals surface area contributed by atoms with Gasteiger partial charge in [-0.1, -0.05) is 13.8 Å². The molecule has 0 saturated heterocycles. The quantitative estimate of drug-likeness (QED) is 0.537. The average Bonchev–Trinajstić information content (AvgIpc) is 1.69. The lowest BCUT2D eigenvalue weighted by molar-refractivity contribution is -0.110. The van der Waals surface area contributed by atoms with Crippen molar-refractivity contribution in [1.29, 1.82) is 0 Å². The van der Waals surface area contributed by atoms with Crippen molar-refractivity contribution in [3.8, 4) is 0 Å². The van der Waals surface area contributed by atoms with Crippen LogP contribution in [0.15, 0.2) is 0 Å². The second kappa shape index (κ2) is 5.60. The van der Waals surface area contributed by atoms with Gasteiger partial charge in [-0.05, 0) is 20.8 Å². The summed E-state index contributed by atoms with van der Waals surface area (Å²) in [5.41, 5.74) is -0.0677. The zero-order chi connectivity index (χ0) is 7.91. The van der Waals surface area contributed by atoms with Gasteiger partial charge in [0.25, 0.3) is 0 Å². The molecule has 1 amide bonds. The Morgan fingerprint density at radius 2 is 1.56 bits per heavy atom. The van der Waals surface area contributed by atoms with E-state index in [-0.39, 0.29) is 5.54 Å². The van der Waals surface area contributed by atoms with E-state index in [1.807, 2.05) is 34.6 Å². The van der Waals surface area contributed by atoms with Crippen molar-refractivity contribution in [3.05, 3.63) is 0 Å². The van der Waals surface area contributed by atoms with Gasteiger partial charge < -0.3 is 5.32 Å². The SMILES string of the molecule is CC.CC(C)(C)NC=O. The summed E-state index contributed by atoms with van der Waals surface area (Å²) in [7, 11) is 0. The van der Waals surface area contributed by atoms with Crippen molar-refractivity contribution in [2.75, 3.05) is 0 Å². The molecule has 0 aromatic carbocycles. The van der Waals surface area contributed by atoms with Crippen molar-refractivity contribution >= 4 is 6.41 Å². The summed E-state index contributed by atoms with van der Waals surface area (Å²) in [6.45, 7) is 9.80. The molecule has 0 radical (unpaired) electrons. The van der Waals surface area contributed by atoms with Gasteiger partial charge in [0.1, 0.15) is 0 Å². The van der Waals surface area contributed by atoms with E-state index in [0.29, 0.717) is 6.41 Å². The van der Waals surface area contributed by atoms with Gasteiger partial charge in [0.15, 0.2) is 0 Å². The van der Waals surface area contributed by atoms with E-state index in [1.165, 1.54) is 0 Å². The van der Waals surface area contributed by atoms with Crippen molar-refractivity contribution < 1.29 is 4.79 Å². The molecule has 0 aliphatic heterocycles. The number of hydrogen-bond acceptors (Lipinski definition) is 1. The number of rotatable bonds is 1. The summed E-state index contributed by atoms with van der Waals surface area (Å²) in [6.07, 6.45) is 0.708. The van der Waals surface area contributed by atoms with Crippen LogP contribution in [-0.2, 0) is 4.79 Å². The van der Waals surface area contributed by atoms with Crippen molar-refractivity contribution in [2.24, 2.45) is 0 Å². The first-order chi connectivity index (χ1) is 4.06. The van der Waals surface area contributed by atoms with Gasteiger partial charge in [0.2, 0.25) is 6.41 Å². The monoisotopic (exact) mass is 131 g/mol. The smallest absolute Gasteiger partial charge is 0.207 e. The van der Waals surface area contributed by atoms with E-state index in [1.54, 1.807) is 0 Å². The molecule has 56 valence electrons. The van der Waals surface area contributed by atoms with Gasteiger partial charge in [-0.3, -0.25) is 4.79 Å². The molecule has 0 heterocycles. The molecular weight excluding hydrogens is 114 g/mol. The van der Waals surface area contributed by atoms with E-state index in [4.69, 9.17) is 0 Å². The number of hydrogen-bond donors (Lipinski definition) is 1. The summed E-state index contributed by atoms with van der Waals surface area (Å²) in [5, 5.41) is 2.60.